The summed E-state index contributed by atoms with van der Waals surface area (Å²) >= 11 is 0. The van der Waals surface area contributed by atoms with Crippen LogP contribution in [0.5, 0.6) is 0 Å². The third-order valence-corrected chi connectivity index (χ3v) is 3.49. The van der Waals surface area contributed by atoms with Crippen molar-refractivity contribution in [3.63, 3.8) is 0 Å². The van der Waals surface area contributed by atoms with Crippen molar-refractivity contribution in [2.75, 3.05) is 31.6 Å². The van der Waals surface area contributed by atoms with E-state index in [1.807, 2.05) is 13.1 Å². The maximum absolute atomic E-state index is 12.1. The first-order valence-corrected chi connectivity index (χ1v) is 7.06. The van der Waals surface area contributed by atoms with Gasteiger partial charge < -0.3 is 9.80 Å². The molecule has 0 N–H and O–H groups in total. The number of hydrogen-bond donors (Lipinski definition) is 0. The highest BCUT2D eigenvalue weighted by Gasteiger charge is 2.16. The smallest absolute Gasteiger partial charge is 0.274 e. The molecule has 0 bridgehead atoms. The molecule has 0 atom stereocenters. The van der Waals surface area contributed by atoms with Crippen molar-refractivity contribution in [2.45, 2.75) is 32.6 Å². The van der Waals surface area contributed by atoms with E-state index in [1.54, 1.807) is 11.0 Å². The second-order valence-corrected chi connectivity index (χ2v) is 5.05. The molecule has 0 unspecified atom stereocenters. The van der Waals surface area contributed by atoms with E-state index in [1.165, 1.54) is 12.8 Å². The zero-order chi connectivity index (χ0) is 13.7. The van der Waals surface area contributed by atoms with Gasteiger partial charge in [-0.25, -0.2) is 0 Å². The van der Waals surface area contributed by atoms with Gasteiger partial charge in [-0.1, -0.05) is 13.3 Å². The molecule has 0 radical (unpaired) electrons. The van der Waals surface area contributed by atoms with Gasteiger partial charge in [0.2, 0.25) is 0 Å². The Labute approximate surface area is 114 Å². The molecule has 2 rings (SSSR count). The number of nitrogens with zero attached hydrogens (tertiary/aromatic N) is 4. The number of aromatic nitrogens is 2. The fourth-order valence-corrected chi connectivity index (χ4v) is 2.25. The first kappa shape index (κ1) is 13.8. The van der Waals surface area contributed by atoms with Crippen LogP contribution in [0.15, 0.2) is 12.1 Å². The maximum Gasteiger partial charge on any atom is 0.274 e. The zero-order valence-electron chi connectivity index (χ0n) is 11.8. The molecule has 1 fully saturated rings. The molecule has 5 heteroatoms. The SMILES string of the molecule is CCCCN(C)C(=O)c1ccc(N2CCCC2)nn1. The first-order valence-electron chi connectivity index (χ1n) is 7.06. The van der Waals surface area contributed by atoms with Gasteiger partial charge in [-0.05, 0) is 31.4 Å². The van der Waals surface area contributed by atoms with Gasteiger partial charge in [-0.2, -0.15) is 0 Å². The van der Waals surface area contributed by atoms with Crippen molar-refractivity contribution in [1.29, 1.82) is 0 Å². The van der Waals surface area contributed by atoms with Crippen molar-refractivity contribution in [3.05, 3.63) is 17.8 Å². The van der Waals surface area contributed by atoms with E-state index in [4.69, 9.17) is 0 Å². The lowest BCUT2D eigenvalue weighted by atomic mass is 10.3. The highest BCUT2D eigenvalue weighted by molar-refractivity contribution is 5.92. The van der Waals surface area contributed by atoms with Crippen LogP contribution in [0.3, 0.4) is 0 Å². The van der Waals surface area contributed by atoms with Crippen LogP contribution in [0.1, 0.15) is 43.1 Å². The van der Waals surface area contributed by atoms with E-state index >= 15 is 0 Å². The first-order chi connectivity index (χ1) is 9.22. The molecule has 19 heavy (non-hydrogen) atoms. The summed E-state index contributed by atoms with van der Waals surface area (Å²) in [5.41, 5.74) is 0.432. The normalized spacial score (nSPS) is 14.7. The number of hydrogen-bond acceptors (Lipinski definition) is 4. The Bertz CT molecular complexity index is 412. The summed E-state index contributed by atoms with van der Waals surface area (Å²) in [4.78, 5) is 16.0. The summed E-state index contributed by atoms with van der Waals surface area (Å²) < 4.78 is 0. The highest BCUT2D eigenvalue weighted by Crippen LogP contribution is 2.16. The molecule has 2 heterocycles. The van der Waals surface area contributed by atoms with Crippen molar-refractivity contribution < 1.29 is 4.79 Å². The predicted molar refractivity (Wildman–Crippen MR) is 75.3 cm³/mol. The third kappa shape index (κ3) is 3.43. The molecule has 1 saturated heterocycles. The van der Waals surface area contributed by atoms with Crippen LogP contribution < -0.4 is 4.90 Å². The lowest BCUT2D eigenvalue weighted by Crippen LogP contribution is -2.29. The van der Waals surface area contributed by atoms with E-state index in [0.29, 0.717) is 5.69 Å². The van der Waals surface area contributed by atoms with Gasteiger partial charge in [0.15, 0.2) is 11.5 Å². The topological polar surface area (TPSA) is 49.3 Å². The average molecular weight is 262 g/mol. The number of rotatable bonds is 5. The Balaban J connectivity index is 1.99. The molecule has 0 spiro atoms. The molecule has 1 amide bonds. The van der Waals surface area contributed by atoms with Gasteiger partial charge in [0.25, 0.3) is 5.91 Å². The van der Waals surface area contributed by atoms with Crippen molar-refractivity contribution in [2.24, 2.45) is 0 Å². The molecule has 0 saturated carbocycles. The van der Waals surface area contributed by atoms with Crippen LogP contribution in [0.4, 0.5) is 5.82 Å². The minimum atomic E-state index is -0.0473. The number of unbranched alkanes of at least 4 members (excludes halogenated alkanes) is 1. The van der Waals surface area contributed by atoms with Gasteiger partial charge in [0, 0.05) is 26.7 Å². The quantitative estimate of drug-likeness (QED) is 0.814. The van der Waals surface area contributed by atoms with Gasteiger partial charge in [0.1, 0.15) is 0 Å². The zero-order valence-corrected chi connectivity index (χ0v) is 11.8. The molecule has 1 aromatic heterocycles. The van der Waals surface area contributed by atoms with E-state index in [2.05, 4.69) is 22.0 Å². The molecule has 1 aromatic rings. The lowest BCUT2D eigenvalue weighted by molar-refractivity contribution is 0.0786. The fraction of sp³-hybridized carbons (Fsp3) is 0.643. The predicted octanol–water partition coefficient (Wildman–Crippen LogP) is 1.95. The van der Waals surface area contributed by atoms with E-state index in [-0.39, 0.29) is 5.91 Å². The third-order valence-electron chi connectivity index (χ3n) is 3.49. The summed E-state index contributed by atoms with van der Waals surface area (Å²) in [6.07, 6.45) is 4.52. The average Bonchev–Trinajstić information content (AvgIpc) is 2.98. The van der Waals surface area contributed by atoms with Crippen LogP contribution in [-0.4, -0.2) is 47.7 Å². The Morgan fingerprint density at radius 3 is 2.63 bits per heavy atom. The molecule has 1 aliphatic heterocycles. The molecular formula is C14H22N4O. The standard InChI is InChI=1S/C14H22N4O/c1-3-4-9-17(2)14(19)12-7-8-13(16-15-12)18-10-5-6-11-18/h7-8H,3-6,9-11H2,1-2H3. The summed E-state index contributed by atoms with van der Waals surface area (Å²) in [5, 5.41) is 8.24. The Hall–Kier alpha value is -1.65. The second-order valence-electron chi connectivity index (χ2n) is 5.05. The maximum atomic E-state index is 12.1. The molecule has 104 valence electrons. The van der Waals surface area contributed by atoms with E-state index < -0.39 is 0 Å². The largest absolute Gasteiger partial charge is 0.355 e. The number of carbonyl (C=O) groups excluding carboxylic acids is 1. The minimum Gasteiger partial charge on any atom is -0.355 e. The van der Waals surface area contributed by atoms with Gasteiger partial charge in [-0.3, -0.25) is 4.79 Å². The number of amides is 1. The molecule has 0 aromatic carbocycles. The monoisotopic (exact) mass is 262 g/mol. The van der Waals surface area contributed by atoms with Crippen LogP contribution in [0.25, 0.3) is 0 Å². The Kier molecular flexibility index (Phi) is 4.71. The number of carbonyl (C=O) groups is 1. The molecule has 5 nitrogen and oxygen atoms in total. The van der Waals surface area contributed by atoms with E-state index in [0.717, 1.165) is 38.3 Å². The summed E-state index contributed by atoms with van der Waals surface area (Å²) in [6, 6.07) is 3.69. The fourth-order valence-electron chi connectivity index (χ4n) is 2.25. The molecule has 0 aliphatic carbocycles. The lowest BCUT2D eigenvalue weighted by Gasteiger charge is -2.17. The van der Waals surface area contributed by atoms with Gasteiger partial charge >= 0.3 is 0 Å². The van der Waals surface area contributed by atoms with Crippen molar-refractivity contribution in [1.82, 2.24) is 15.1 Å². The Morgan fingerprint density at radius 1 is 1.32 bits per heavy atom. The van der Waals surface area contributed by atoms with Crippen LogP contribution in [-0.2, 0) is 0 Å². The highest BCUT2D eigenvalue weighted by atomic mass is 16.2. The van der Waals surface area contributed by atoms with Crippen molar-refractivity contribution in [3.8, 4) is 0 Å². The summed E-state index contributed by atoms with van der Waals surface area (Å²) in [6.45, 7) is 4.96. The second kappa shape index (κ2) is 6.50. The minimum absolute atomic E-state index is 0.0473. The molecule has 1 aliphatic rings. The van der Waals surface area contributed by atoms with Crippen LogP contribution in [0.2, 0.25) is 0 Å². The van der Waals surface area contributed by atoms with Crippen molar-refractivity contribution >= 4 is 11.7 Å². The van der Waals surface area contributed by atoms with Gasteiger partial charge in [0.05, 0.1) is 0 Å². The summed E-state index contributed by atoms with van der Waals surface area (Å²) in [7, 11) is 1.81. The van der Waals surface area contributed by atoms with Gasteiger partial charge in [-0.15, -0.1) is 10.2 Å². The number of anilines is 1. The summed E-state index contributed by atoms with van der Waals surface area (Å²) in [5.74, 6) is 0.833. The van der Waals surface area contributed by atoms with E-state index in [9.17, 15) is 4.79 Å². The van der Waals surface area contributed by atoms with Crippen LogP contribution in [0, 0.1) is 0 Å². The molecular weight excluding hydrogens is 240 g/mol. The Morgan fingerprint density at radius 2 is 2.05 bits per heavy atom. The van der Waals surface area contributed by atoms with Crippen LogP contribution >= 0.6 is 0 Å².